The molecule has 0 saturated heterocycles. The Hall–Kier alpha value is -1.32. The van der Waals surface area contributed by atoms with Gasteiger partial charge >= 0.3 is 0 Å². The fourth-order valence-corrected chi connectivity index (χ4v) is 6.37. The van der Waals surface area contributed by atoms with Gasteiger partial charge in [-0.25, -0.2) is 13.1 Å². The molecular weight excluding hydrogens is 520 g/mol. The van der Waals surface area contributed by atoms with E-state index in [-0.39, 0.29) is 16.8 Å². The van der Waals surface area contributed by atoms with Crippen LogP contribution in [0.25, 0.3) is 0 Å². The Balaban J connectivity index is 1.61. The van der Waals surface area contributed by atoms with Crippen LogP contribution in [-0.4, -0.2) is 20.7 Å². The van der Waals surface area contributed by atoms with Crippen LogP contribution in [0.15, 0.2) is 63.9 Å². The second-order valence-corrected chi connectivity index (χ2v) is 11.8. The highest BCUT2D eigenvalue weighted by atomic mass is 35.5. The van der Waals surface area contributed by atoms with Gasteiger partial charge in [0.1, 0.15) is 4.21 Å². The van der Waals surface area contributed by atoms with E-state index in [0.717, 1.165) is 16.9 Å². The number of hydrogen-bond acceptors (Lipinski definition) is 5. The molecule has 11 heteroatoms. The third-order valence-corrected chi connectivity index (χ3v) is 8.58. The molecule has 1 aliphatic heterocycles. The molecule has 4 rings (SSSR count). The Labute approximate surface area is 204 Å². The number of halogens is 4. The fourth-order valence-electron chi connectivity index (χ4n) is 3.20. The highest BCUT2D eigenvalue weighted by molar-refractivity contribution is 7.91. The van der Waals surface area contributed by atoms with E-state index >= 15 is 0 Å². The molecule has 0 amide bonds. The third kappa shape index (κ3) is 5.20. The van der Waals surface area contributed by atoms with E-state index in [1.807, 2.05) is 12.1 Å². The summed E-state index contributed by atoms with van der Waals surface area (Å²) in [5.74, 6) is 0. The molecule has 2 heterocycles. The molecule has 0 aliphatic carbocycles. The predicted octanol–water partition coefficient (Wildman–Crippen LogP) is 6.65. The summed E-state index contributed by atoms with van der Waals surface area (Å²) in [6.07, 6.45) is 0.508. The standard InChI is InChI=1S/C20H15Cl4N3O2S2/c21-13-3-1-12(2-4-13)18-10-15(11-25-31(28,29)20-8-7-19(24)30-20)26-27(18)17-6-5-14(22)9-16(17)23/h1-9,18,25H,10-11H2. The molecule has 162 valence electrons. The minimum Gasteiger partial charge on any atom is -0.256 e. The molecule has 5 nitrogen and oxygen atoms in total. The quantitative estimate of drug-likeness (QED) is 0.385. The minimum atomic E-state index is -3.69. The molecule has 1 unspecified atom stereocenters. The van der Waals surface area contributed by atoms with Crippen molar-refractivity contribution in [1.29, 1.82) is 0 Å². The SMILES string of the molecule is O=S(=O)(NCC1=NN(c2ccc(Cl)cc2Cl)C(c2ccc(Cl)cc2)C1)c1ccc(Cl)s1. The number of nitrogens with zero attached hydrogens (tertiary/aromatic N) is 2. The van der Waals surface area contributed by atoms with Crippen LogP contribution in [-0.2, 0) is 10.0 Å². The van der Waals surface area contributed by atoms with Gasteiger partial charge in [0, 0.05) is 16.5 Å². The van der Waals surface area contributed by atoms with Crippen LogP contribution in [0.5, 0.6) is 0 Å². The largest absolute Gasteiger partial charge is 0.256 e. The van der Waals surface area contributed by atoms with Crippen LogP contribution < -0.4 is 9.73 Å². The summed E-state index contributed by atoms with van der Waals surface area (Å²) in [5, 5.41) is 8.05. The monoisotopic (exact) mass is 533 g/mol. The van der Waals surface area contributed by atoms with Crippen LogP contribution in [0.1, 0.15) is 18.0 Å². The van der Waals surface area contributed by atoms with Crippen LogP contribution in [0, 0.1) is 0 Å². The van der Waals surface area contributed by atoms with Gasteiger partial charge in [-0.15, -0.1) is 11.3 Å². The summed E-state index contributed by atoms with van der Waals surface area (Å²) < 4.78 is 28.3. The van der Waals surface area contributed by atoms with Gasteiger partial charge in [-0.1, -0.05) is 58.5 Å². The van der Waals surface area contributed by atoms with Crippen molar-refractivity contribution in [2.45, 2.75) is 16.7 Å². The molecule has 31 heavy (non-hydrogen) atoms. The number of benzene rings is 2. The molecule has 0 bridgehead atoms. The molecule has 2 aromatic carbocycles. The van der Waals surface area contributed by atoms with Crippen molar-refractivity contribution in [3.63, 3.8) is 0 Å². The van der Waals surface area contributed by atoms with E-state index < -0.39 is 10.0 Å². The molecule has 1 aliphatic rings. The Morgan fingerprint density at radius 2 is 1.71 bits per heavy atom. The highest BCUT2D eigenvalue weighted by Crippen LogP contribution is 2.39. The first-order valence-corrected chi connectivity index (χ1v) is 12.9. The Bertz CT molecular complexity index is 1240. The van der Waals surface area contributed by atoms with Crippen LogP contribution in [0.2, 0.25) is 19.4 Å². The van der Waals surface area contributed by atoms with Crippen LogP contribution in [0.4, 0.5) is 5.69 Å². The van der Waals surface area contributed by atoms with Gasteiger partial charge in [0.2, 0.25) is 10.0 Å². The lowest BCUT2D eigenvalue weighted by Crippen LogP contribution is -2.28. The summed E-state index contributed by atoms with van der Waals surface area (Å²) in [7, 11) is -3.69. The average molecular weight is 535 g/mol. The van der Waals surface area contributed by atoms with E-state index in [1.54, 1.807) is 41.4 Å². The van der Waals surface area contributed by atoms with E-state index in [9.17, 15) is 8.42 Å². The zero-order valence-electron chi connectivity index (χ0n) is 15.7. The van der Waals surface area contributed by atoms with Gasteiger partial charge in [0.05, 0.1) is 33.3 Å². The maximum atomic E-state index is 12.6. The van der Waals surface area contributed by atoms with Crippen molar-refractivity contribution >= 4 is 79.2 Å². The van der Waals surface area contributed by atoms with Crippen molar-refractivity contribution in [3.05, 3.63) is 79.6 Å². The smallest absolute Gasteiger partial charge is 0.250 e. The first kappa shape index (κ1) is 22.9. The summed E-state index contributed by atoms with van der Waals surface area (Å²) in [6, 6.07) is 15.5. The minimum absolute atomic E-state index is 0.0592. The first-order valence-electron chi connectivity index (χ1n) is 9.04. The second-order valence-electron chi connectivity index (χ2n) is 6.76. The zero-order chi connectivity index (χ0) is 22.2. The Kier molecular flexibility index (Phi) is 6.84. The first-order chi connectivity index (χ1) is 14.7. The number of rotatable bonds is 6. The number of hydrogen-bond donors (Lipinski definition) is 1. The maximum Gasteiger partial charge on any atom is 0.250 e. The number of hydrazone groups is 1. The normalized spacial score (nSPS) is 16.6. The van der Waals surface area contributed by atoms with Gasteiger partial charge in [-0.2, -0.15) is 5.10 Å². The van der Waals surface area contributed by atoms with E-state index in [4.69, 9.17) is 46.4 Å². The number of thiophene rings is 1. The fraction of sp³-hybridized carbons (Fsp3) is 0.150. The Morgan fingerprint density at radius 1 is 1.00 bits per heavy atom. The number of nitrogens with one attached hydrogen (secondary N) is 1. The number of anilines is 1. The van der Waals surface area contributed by atoms with Gasteiger partial charge < -0.3 is 0 Å². The molecule has 0 spiro atoms. The van der Waals surface area contributed by atoms with Gasteiger partial charge in [-0.05, 0) is 48.0 Å². The molecule has 3 aromatic rings. The molecule has 1 aromatic heterocycles. The van der Waals surface area contributed by atoms with Gasteiger partial charge in [0.25, 0.3) is 0 Å². The van der Waals surface area contributed by atoms with Crippen molar-refractivity contribution in [2.24, 2.45) is 5.10 Å². The van der Waals surface area contributed by atoms with E-state index in [0.29, 0.717) is 37.2 Å². The van der Waals surface area contributed by atoms with E-state index in [2.05, 4.69) is 9.82 Å². The average Bonchev–Trinajstić information content (AvgIpc) is 3.34. The molecule has 0 saturated carbocycles. The molecule has 0 fully saturated rings. The van der Waals surface area contributed by atoms with Crippen molar-refractivity contribution < 1.29 is 8.42 Å². The summed E-state index contributed by atoms with van der Waals surface area (Å²) in [4.78, 5) is 0. The lowest BCUT2D eigenvalue weighted by Gasteiger charge is -2.25. The van der Waals surface area contributed by atoms with Crippen molar-refractivity contribution in [2.75, 3.05) is 11.6 Å². The van der Waals surface area contributed by atoms with Crippen molar-refractivity contribution in [3.8, 4) is 0 Å². The highest BCUT2D eigenvalue weighted by Gasteiger charge is 2.31. The number of sulfonamides is 1. The lowest BCUT2D eigenvalue weighted by molar-refractivity contribution is 0.588. The van der Waals surface area contributed by atoms with Crippen molar-refractivity contribution in [1.82, 2.24) is 4.72 Å². The zero-order valence-corrected chi connectivity index (χ0v) is 20.4. The second kappa shape index (κ2) is 9.27. The van der Waals surface area contributed by atoms with E-state index in [1.165, 1.54) is 6.07 Å². The molecule has 1 atom stereocenters. The Morgan fingerprint density at radius 3 is 2.35 bits per heavy atom. The topological polar surface area (TPSA) is 61.8 Å². The summed E-state index contributed by atoms with van der Waals surface area (Å²) in [5.41, 5.74) is 2.31. The van der Waals surface area contributed by atoms with Crippen LogP contribution >= 0.6 is 57.7 Å². The maximum absolute atomic E-state index is 12.6. The molecular formula is C20H15Cl4N3O2S2. The van der Waals surface area contributed by atoms with Gasteiger partial charge in [0.15, 0.2) is 0 Å². The summed E-state index contributed by atoms with van der Waals surface area (Å²) >= 11 is 25.4. The third-order valence-electron chi connectivity index (χ3n) is 4.66. The van der Waals surface area contributed by atoms with Crippen LogP contribution in [0.3, 0.4) is 0 Å². The lowest BCUT2D eigenvalue weighted by atomic mass is 10.0. The summed E-state index contributed by atoms with van der Waals surface area (Å²) in [6.45, 7) is 0.0592. The predicted molar refractivity (Wildman–Crippen MR) is 130 cm³/mol. The van der Waals surface area contributed by atoms with Gasteiger partial charge in [-0.3, -0.25) is 5.01 Å². The molecule has 1 N–H and O–H groups in total. The molecule has 0 radical (unpaired) electrons.